The van der Waals surface area contributed by atoms with Crippen LogP contribution in [0.15, 0.2) is 48.5 Å². The van der Waals surface area contributed by atoms with E-state index >= 15 is 0 Å². The number of benzene rings is 2. The van der Waals surface area contributed by atoms with Gasteiger partial charge in [0.15, 0.2) is 5.11 Å². The summed E-state index contributed by atoms with van der Waals surface area (Å²) in [5.41, 5.74) is 7.12. The number of nitrogens with one attached hydrogen (secondary N) is 3. The molecular weight excluding hydrogens is 341 g/mol. The summed E-state index contributed by atoms with van der Waals surface area (Å²) in [6.07, 6.45) is 0.805. The first kappa shape index (κ1) is 18.7. The molecule has 0 aromatic heterocycles. The van der Waals surface area contributed by atoms with Gasteiger partial charge in [-0.05, 0) is 54.0 Å². The summed E-state index contributed by atoms with van der Waals surface area (Å²) in [5, 5.41) is 3.32. The topological polar surface area (TPSA) is 62.4 Å². The molecule has 0 fully saturated rings. The van der Waals surface area contributed by atoms with E-state index in [-0.39, 0.29) is 18.1 Å². The zero-order valence-corrected chi connectivity index (χ0v) is 14.7. The lowest BCUT2D eigenvalue weighted by molar-refractivity contribution is -0.121. The normalized spacial score (nSPS) is 10.0. The smallest absolute Gasteiger partial charge is 0.238 e. The number of halogens is 1. The van der Waals surface area contributed by atoms with Crippen molar-refractivity contribution < 1.29 is 13.9 Å². The van der Waals surface area contributed by atoms with E-state index in [0.717, 1.165) is 16.9 Å². The van der Waals surface area contributed by atoms with Gasteiger partial charge in [0.2, 0.25) is 5.91 Å². The Bertz CT molecular complexity index is 705. The van der Waals surface area contributed by atoms with E-state index in [1.165, 1.54) is 12.1 Å². The van der Waals surface area contributed by atoms with Crippen molar-refractivity contribution >= 4 is 23.2 Å². The molecule has 0 heterocycles. The third-order valence-electron chi connectivity index (χ3n) is 3.48. The van der Waals surface area contributed by atoms with Gasteiger partial charge in [-0.15, -0.1) is 0 Å². The summed E-state index contributed by atoms with van der Waals surface area (Å²) in [7, 11) is 1.62. The maximum Gasteiger partial charge on any atom is 0.238 e. The van der Waals surface area contributed by atoms with Gasteiger partial charge in [-0.2, -0.15) is 0 Å². The van der Waals surface area contributed by atoms with E-state index in [0.29, 0.717) is 18.1 Å². The molecule has 0 bridgehead atoms. The predicted octanol–water partition coefficient (Wildman–Crippen LogP) is 2.46. The van der Waals surface area contributed by atoms with Gasteiger partial charge < -0.3 is 10.1 Å². The molecule has 2 aromatic carbocycles. The molecule has 132 valence electrons. The minimum absolute atomic E-state index is 0.196. The van der Waals surface area contributed by atoms with Crippen molar-refractivity contribution in [2.45, 2.75) is 19.4 Å². The Morgan fingerprint density at radius 2 is 1.68 bits per heavy atom. The first-order valence-electron chi connectivity index (χ1n) is 7.77. The van der Waals surface area contributed by atoms with Crippen molar-refractivity contribution in [3.8, 4) is 5.75 Å². The highest BCUT2D eigenvalue weighted by molar-refractivity contribution is 7.80. The molecule has 0 radical (unpaired) electrons. The lowest BCUT2D eigenvalue weighted by Gasteiger charge is -2.12. The molecule has 0 unspecified atom stereocenters. The number of hydrogen-bond acceptors (Lipinski definition) is 3. The van der Waals surface area contributed by atoms with Crippen molar-refractivity contribution in [1.82, 2.24) is 16.2 Å². The fourth-order valence-corrected chi connectivity index (χ4v) is 2.19. The Hall–Kier alpha value is -2.67. The van der Waals surface area contributed by atoms with Crippen LogP contribution in [0, 0.1) is 5.82 Å². The van der Waals surface area contributed by atoms with E-state index in [1.54, 1.807) is 19.2 Å². The summed E-state index contributed by atoms with van der Waals surface area (Å²) in [6, 6.07) is 13.7. The van der Waals surface area contributed by atoms with Crippen LogP contribution in [0.3, 0.4) is 0 Å². The molecule has 0 spiro atoms. The Morgan fingerprint density at radius 3 is 2.32 bits per heavy atom. The molecule has 3 N–H and O–H groups in total. The molecule has 0 aliphatic carbocycles. The lowest BCUT2D eigenvalue weighted by Crippen LogP contribution is -2.46. The molecule has 0 saturated heterocycles. The molecule has 0 atom stereocenters. The number of carbonyl (C=O) groups is 1. The highest BCUT2D eigenvalue weighted by Crippen LogP contribution is 2.10. The maximum atomic E-state index is 12.8. The first-order chi connectivity index (χ1) is 12.1. The van der Waals surface area contributed by atoms with Gasteiger partial charge in [-0.3, -0.25) is 15.6 Å². The van der Waals surface area contributed by atoms with E-state index in [2.05, 4.69) is 16.2 Å². The Morgan fingerprint density at radius 1 is 1.04 bits per heavy atom. The van der Waals surface area contributed by atoms with Gasteiger partial charge in [-0.25, -0.2) is 4.39 Å². The SMILES string of the molecule is COc1ccc(CNC(=S)NNC(=O)CCc2ccc(F)cc2)cc1. The van der Waals surface area contributed by atoms with Crippen LogP contribution in [0.1, 0.15) is 17.5 Å². The third kappa shape index (κ3) is 6.76. The van der Waals surface area contributed by atoms with E-state index in [4.69, 9.17) is 17.0 Å². The molecule has 7 heteroatoms. The number of methoxy groups -OCH3 is 1. The van der Waals surface area contributed by atoms with Crippen LogP contribution in [-0.2, 0) is 17.8 Å². The molecule has 0 aliphatic rings. The Balaban J connectivity index is 1.64. The van der Waals surface area contributed by atoms with Crippen LogP contribution in [-0.4, -0.2) is 18.1 Å². The number of ether oxygens (including phenoxy) is 1. The maximum absolute atomic E-state index is 12.8. The lowest BCUT2D eigenvalue weighted by atomic mass is 10.1. The van der Waals surface area contributed by atoms with Crippen LogP contribution in [0.25, 0.3) is 0 Å². The summed E-state index contributed by atoms with van der Waals surface area (Å²) in [5.74, 6) is 0.305. The number of hydrogen-bond donors (Lipinski definition) is 3. The van der Waals surface area contributed by atoms with Gasteiger partial charge in [-0.1, -0.05) is 24.3 Å². The second-order valence-corrected chi connectivity index (χ2v) is 5.74. The molecule has 5 nitrogen and oxygen atoms in total. The van der Waals surface area contributed by atoms with Gasteiger partial charge >= 0.3 is 0 Å². The summed E-state index contributed by atoms with van der Waals surface area (Å²) >= 11 is 5.11. The van der Waals surface area contributed by atoms with Crippen molar-refractivity contribution in [2.24, 2.45) is 0 Å². The van der Waals surface area contributed by atoms with E-state index < -0.39 is 0 Å². The standard InChI is InChI=1S/C18H20FN3O2S/c1-24-16-9-4-14(5-10-16)12-20-18(25)22-21-17(23)11-6-13-2-7-15(19)8-3-13/h2-5,7-10H,6,11-12H2,1H3,(H,21,23)(H2,20,22,25). The average molecular weight is 361 g/mol. The molecule has 2 rings (SSSR count). The number of carbonyl (C=O) groups excluding carboxylic acids is 1. The fourth-order valence-electron chi connectivity index (χ4n) is 2.07. The Labute approximate surface area is 151 Å². The van der Waals surface area contributed by atoms with Gasteiger partial charge in [0.25, 0.3) is 0 Å². The van der Waals surface area contributed by atoms with Gasteiger partial charge in [0.1, 0.15) is 11.6 Å². The van der Waals surface area contributed by atoms with Crippen molar-refractivity contribution in [3.63, 3.8) is 0 Å². The van der Waals surface area contributed by atoms with E-state index in [1.807, 2.05) is 24.3 Å². The first-order valence-corrected chi connectivity index (χ1v) is 8.17. The van der Waals surface area contributed by atoms with Crippen LogP contribution in [0.4, 0.5) is 4.39 Å². The zero-order chi connectivity index (χ0) is 18.1. The van der Waals surface area contributed by atoms with Gasteiger partial charge in [0, 0.05) is 13.0 Å². The summed E-state index contributed by atoms with van der Waals surface area (Å²) in [4.78, 5) is 11.8. The molecule has 2 aromatic rings. The summed E-state index contributed by atoms with van der Waals surface area (Å²) < 4.78 is 17.9. The second kappa shape index (κ2) is 9.58. The number of aryl methyl sites for hydroxylation is 1. The minimum atomic E-state index is -0.289. The number of thiocarbonyl (C=S) groups is 1. The van der Waals surface area contributed by atoms with Crippen LogP contribution in [0.2, 0.25) is 0 Å². The van der Waals surface area contributed by atoms with E-state index in [9.17, 15) is 9.18 Å². The number of hydrazine groups is 1. The molecule has 0 aliphatic heterocycles. The van der Waals surface area contributed by atoms with Crippen LogP contribution < -0.4 is 20.9 Å². The van der Waals surface area contributed by atoms with Crippen molar-refractivity contribution in [2.75, 3.05) is 7.11 Å². The second-order valence-electron chi connectivity index (χ2n) is 5.33. The highest BCUT2D eigenvalue weighted by atomic mass is 32.1. The monoisotopic (exact) mass is 361 g/mol. The fraction of sp³-hybridized carbons (Fsp3) is 0.222. The molecular formula is C18H20FN3O2S. The summed E-state index contributed by atoms with van der Waals surface area (Å²) in [6.45, 7) is 0.529. The van der Waals surface area contributed by atoms with Gasteiger partial charge in [0.05, 0.1) is 7.11 Å². The quantitative estimate of drug-likeness (QED) is 0.545. The Kier molecular flexibility index (Phi) is 7.16. The number of rotatable bonds is 6. The predicted molar refractivity (Wildman–Crippen MR) is 98.4 cm³/mol. The molecule has 25 heavy (non-hydrogen) atoms. The third-order valence-corrected chi connectivity index (χ3v) is 3.73. The van der Waals surface area contributed by atoms with Crippen LogP contribution >= 0.6 is 12.2 Å². The van der Waals surface area contributed by atoms with Crippen molar-refractivity contribution in [1.29, 1.82) is 0 Å². The zero-order valence-electron chi connectivity index (χ0n) is 13.8. The average Bonchev–Trinajstić information content (AvgIpc) is 2.64. The highest BCUT2D eigenvalue weighted by Gasteiger charge is 2.03. The molecule has 1 amide bonds. The largest absolute Gasteiger partial charge is 0.497 e. The minimum Gasteiger partial charge on any atom is -0.497 e. The van der Waals surface area contributed by atoms with Crippen LogP contribution in [0.5, 0.6) is 5.75 Å². The molecule has 0 saturated carbocycles. The van der Waals surface area contributed by atoms with Crippen molar-refractivity contribution in [3.05, 3.63) is 65.5 Å². The number of amides is 1.